The molecule has 0 fully saturated rings. The second kappa shape index (κ2) is 7.28. The van der Waals surface area contributed by atoms with Crippen LogP contribution in [-0.4, -0.2) is 25.2 Å². The molecule has 6 heteroatoms. The maximum Gasteiger partial charge on any atom is 0.255 e. The van der Waals surface area contributed by atoms with Crippen LogP contribution in [0, 0.1) is 0 Å². The molecule has 2 N–H and O–H groups in total. The van der Waals surface area contributed by atoms with Gasteiger partial charge in [0.05, 0.1) is 10.6 Å². The third-order valence-electron chi connectivity index (χ3n) is 3.35. The van der Waals surface area contributed by atoms with Crippen LogP contribution in [0.5, 0.6) is 5.75 Å². The van der Waals surface area contributed by atoms with E-state index in [1.807, 2.05) is 6.92 Å². The number of phenols is 1. The average Bonchev–Trinajstić information content (AvgIpc) is 2.53. The van der Waals surface area contributed by atoms with E-state index in [1.165, 1.54) is 36.4 Å². The van der Waals surface area contributed by atoms with E-state index in [9.17, 15) is 18.3 Å². The molecule has 0 radical (unpaired) electrons. The SMILES string of the molecule is CCCCS(=O)(=O)c1ccc(C(=O)Nc2cccc(O)c2)cc1. The molecule has 0 aliphatic rings. The van der Waals surface area contributed by atoms with Crippen LogP contribution in [0.3, 0.4) is 0 Å². The van der Waals surface area contributed by atoms with E-state index in [1.54, 1.807) is 12.1 Å². The summed E-state index contributed by atoms with van der Waals surface area (Å²) in [4.78, 5) is 12.3. The van der Waals surface area contributed by atoms with Gasteiger partial charge in [0.25, 0.3) is 5.91 Å². The first-order valence-corrected chi connectivity index (χ1v) is 9.01. The summed E-state index contributed by atoms with van der Waals surface area (Å²) in [5, 5.41) is 12.0. The minimum Gasteiger partial charge on any atom is -0.508 e. The van der Waals surface area contributed by atoms with Gasteiger partial charge in [-0.05, 0) is 42.8 Å². The quantitative estimate of drug-likeness (QED) is 0.850. The van der Waals surface area contributed by atoms with Crippen molar-refractivity contribution >= 4 is 21.4 Å². The van der Waals surface area contributed by atoms with E-state index < -0.39 is 9.84 Å². The first-order chi connectivity index (χ1) is 10.9. The molecule has 122 valence electrons. The topological polar surface area (TPSA) is 83.5 Å². The number of hydrogen-bond acceptors (Lipinski definition) is 4. The van der Waals surface area contributed by atoms with Crippen molar-refractivity contribution in [3.8, 4) is 5.75 Å². The van der Waals surface area contributed by atoms with Gasteiger partial charge in [-0.25, -0.2) is 8.42 Å². The van der Waals surface area contributed by atoms with E-state index in [0.29, 0.717) is 17.7 Å². The fourth-order valence-electron chi connectivity index (χ4n) is 2.05. The van der Waals surface area contributed by atoms with E-state index in [-0.39, 0.29) is 22.3 Å². The van der Waals surface area contributed by atoms with Gasteiger partial charge in [0.1, 0.15) is 5.75 Å². The van der Waals surface area contributed by atoms with Crippen molar-refractivity contribution in [3.05, 3.63) is 54.1 Å². The second-order valence-corrected chi connectivity index (χ2v) is 7.31. The molecule has 23 heavy (non-hydrogen) atoms. The van der Waals surface area contributed by atoms with Gasteiger partial charge in [0.15, 0.2) is 9.84 Å². The Morgan fingerprint density at radius 3 is 2.43 bits per heavy atom. The minimum atomic E-state index is -3.29. The summed E-state index contributed by atoms with van der Waals surface area (Å²) in [5.74, 6) is -0.202. The Morgan fingerprint density at radius 1 is 1.13 bits per heavy atom. The number of phenolic OH excluding ortho intramolecular Hbond substituents is 1. The number of nitrogens with one attached hydrogen (secondary N) is 1. The lowest BCUT2D eigenvalue weighted by molar-refractivity contribution is 0.102. The van der Waals surface area contributed by atoms with Gasteiger partial charge in [-0.3, -0.25) is 4.79 Å². The summed E-state index contributed by atoms with van der Waals surface area (Å²) in [5.41, 5.74) is 0.817. The Hall–Kier alpha value is -2.34. The Balaban J connectivity index is 2.11. The molecule has 0 atom stereocenters. The van der Waals surface area contributed by atoms with Crippen LogP contribution < -0.4 is 5.32 Å². The number of amides is 1. The van der Waals surface area contributed by atoms with Gasteiger partial charge < -0.3 is 10.4 Å². The predicted octanol–water partition coefficient (Wildman–Crippen LogP) is 3.22. The lowest BCUT2D eigenvalue weighted by Crippen LogP contribution is -2.12. The molecule has 0 saturated heterocycles. The fraction of sp³-hybridized carbons (Fsp3) is 0.235. The van der Waals surface area contributed by atoms with Crippen molar-refractivity contribution in [2.24, 2.45) is 0 Å². The molecule has 0 heterocycles. The molecular weight excluding hydrogens is 314 g/mol. The standard InChI is InChI=1S/C17H19NO4S/c1-2-3-11-23(21,22)16-9-7-13(8-10-16)17(20)18-14-5-4-6-15(19)12-14/h4-10,12,19H,2-3,11H2,1H3,(H,18,20). The molecule has 2 aromatic carbocycles. The van der Waals surface area contributed by atoms with Gasteiger partial charge >= 0.3 is 0 Å². The van der Waals surface area contributed by atoms with Crippen LogP contribution in [0.4, 0.5) is 5.69 Å². The van der Waals surface area contributed by atoms with Gasteiger partial charge in [0.2, 0.25) is 0 Å². The van der Waals surface area contributed by atoms with Gasteiger partial charge in [0, 0.05) is 17.3 Å². The number of carbonyl (C=O) groups is 1. The number of unbranched alkanes of at least 4 members (excludes halogenated alkanes) is 1. The zero-order valence-corrected chi connectivity index (χ0v) is 13.6. The molecule has 2 aromatic rings. The molecule has 2 rings (SSSR count). The Bertz CT molecular complexity index is 782. The number of rotatable bonds is 6. The number of benzene rings is 2. The van der Waals surface area contributed by atoms with Crippen LogP contribution in [0.1, 0.15) is 30.1 Å². The number of anilines is 1. The minimum absolute atomic E-state index is 0.0557. The highest BCUT2D eigenvalue weighted by Gasteiger charge is 2.14. The van der Waals surface area contributed by atoms with E-state index in [2.05, 4.69) is 5.32 Å². The number of sulfone groups is 1. The molecule has 5 nitrogen and oxygen atoms in total. The summed E-state index contributed by atoms with van der Waals surface area (Å²) < 4.78 is 24.1. The largest absolute Gasteiger partial charge is 0.508 e. The third-order valence-corrected chi connectivity index (χ3v) is 5.16. The molecule has 1 amide bonds. The summed E-state index contributed by atoms with van der Waals surface area (Å²) in [6, 6.07) is 12.1. The number of carbonyl (C=O) groups excluding carboxylic acids is 1. The Labute approximate surface area is 135 Å². The maximum atomic E-state index is 12.1. The van der Waals surface area contributed by atoms with Gasteiger partial charge in [-0.2, -0.15) is 0 Å². The molecule has 0 saturated carbocycles. The Morgan fingerprint density at radius 2 is 1.83 bits per heavy atom. The van der Waals surface area contributed by atoms with Crippen molar-refractivity contribution in [2.75, 3.05) is 11.1 Å². The van der Waals surface area contributed by atoms with Crippen molar-refractivity contribution in [1.82, 2.24) is 0 Å². The molecule has 0 bridgehead atoms. The highest BCUT2D eigenvalue weighted by molar-refractivity contribution is 7.91. The van der Waals surface area contributed by atoms with Crippen LogP contribution >= 0.6 is 0 Å². The fourth-order valence-corrected chi connectivity index (χ4v) is 3.51. The number of aromatic hydroxyl groups is 1. The normalized spacial score (nSPS) is 11.2. The zero-order valence-electron chi connectivity index (χ0n) is 12.8. The van der Waals surface area contributed by atoms with E-state index in [4.69, 9.17) is 0 Å². The molecule has 0 aliphatic heterocycles. The smallest absolute Gasteiger partial charge is 0.255 e. The van der Waals surface area contributed by atoms with Crippen LogP contribution in [0.15, 0.2) is 53.4 Å². The van der Waals surface area contributed by atoms with Crippen LogP contribution in [0.2, 0.25) is 0 Å². The molecule has 0 spiro atoms. The lowest BCUT2D eigenvalue weighted by atomic mass is 10.2. The summed E-state index contributed by atoms with van der Waals surface area (Å²) >= 11 is 0. The monoisotopic (exact) mass is 333 g/mol. The predicted molar refractivity (Wildman–Crippen MR) is 89.5 cm³/mol. The first kappa shape index (κ1) is 17.0. The average molecular weight is 333 g/mol. The van der Waals surface area contributed by atoms with Crippen molar-refractivity contribution in [3.63, 3.8) is 0 Å². The van der Waals surface area contributed by atoms with Crippen LogP contribution in [0.25, 0.3) is 0 Å². The molecule has 0 aromatic heterocycles. The van der Waals surface area contributed by atoms with Crippen molar-refractivity contribution < 1.29 is 18.3 Å². The summed E-state index contributed by atoms with van der Waals surface area (Å²) in [6.45, 7) is 1.93. The Kier molecular flexibility index (Phi) is 5.39. The maximum absolute atomic E-state index is 12.1. The molecular formula is C17H19NO4S. The lowest BCUT2D eigenvalue weighted by Gasteiger charge is -2.07. The van der Waals surface area contributed by atoms with Crippen molar-refractivity contribution in [2.45, 2.75) is 24.7 Å². The van der Waals surface area contributed by atoms with E-state index in [0.717, 1.165) is 6.42 Å². The van der Waals surface area contributed by atoms with Gasteiger partial charge in [-0.15, -0.1) is 0 Å². The number of hydrogen-bond donors (Lipinski definition) is 2. The summed E-state index contributed by atoms with van der Waals surface area (Å²) in [7, 11) is -3.29. The van der Waals surface area contributed by atoms with Crippen LogP contribution in [-0.2, 0) is 9.84 Å². The molecule has 0 aliphatic carbocycles. The van der Waals surface area contributed by atoms with Crippen molar-refractivity contribution in [1.29, 1.82) is 0 Å². The molecule has 0 unspecified atom stereocenters. The van der Waals surface area contributed by atoms with E-state index >= 15 is 0 Å². The highest BCUT2D eigenvalue weighted by Crippen LogP contribution is 2.18. The first-order valence-electron chi connectivity index (χ1n) is 7.35. The summed E-state index contributed by atoms with van der Waals surface area (Å²) in [6.07, 6.45) is 1.42. The zero-order chi connectivity index (χ0) is 16.9. The highest BCUT2D eigenvalue weighted by atomic mass is 32.2. The van der Waals surface area contributed by atoms with Gasteiger partial charge in [-0.1, -0.05) is 19.4 Å². The third kappa shape index (κ3) is 4.56. The second-order valence-electron chi connectivity index (χ2n) is 5.20.